The van der Waals surface area contributed by atoms with Gasteiger partial charge in [-0.3, -0.25) is 4.79 Å². The van der Waals surface area contributed by atoms with Gasteiger partial charge in [0, 0.05) is 23.6 Å². The Morgan fingerprint density at radius 2 is 2.04 bits per heavy atom. The number of nitrogens with zero attached hydrogens (tertiary/aromatic N) is 1. The third-order valence-electron chi connectivity index (χ3n) is 4.63. The van der Waals surface area contributed by atoms with E-state index >= 15 is 0 Å². The molecule has 0 saturated heterocycles. The Labute approximate surface area is 162 Å². The average molecular weight is 375 g/mol. The lowest BCUT2D eigenvalue weighted by Crippen LogP contribution is -2.20. The number of ether oxygens (including phenoxy) is 1. The van der Waals surface area contributed by atoms with E-state index in [2.05, 4.69) is 34.3 Å². The number of fused-ring (bicyclic) bond motifs is 1. The zero-order valence-electron chi connectivity index (χ0n) is 15.7. The fourth-order valence-corrected chi connectivity index (χ4v) is 3.35. The van der Waals surface area contributed by atoms with E-state index in [1.165, 1.54) is 12.0 Å². The Balaban J connectivity index is 1.66. The molecule has 2 aromatic heterocycles. The van der Waals surface area contributed by atoms with Crippen LogP contribution in [-0.2, 0) is 6.42 Å². The number of oxazole rings is 1. The smallest absolute Gasteiger partial charge is 0.191 e. The molecule has 0 spiro atoms. The van der Waals surface area contributed by atoms with E-state index in [0.717, 1.165) is 6.42 Å². The number of pyridine rings is 1. The highest BCUT2D eigenvalue weighted by atomic mass is 16.5. The van der Waals surface area contributed by atoms with Gasteiger partial charge in [-0.05, 0) is 25.0 Å². The van der Waals surface area contributed by atoms with Crippen molar-refractivity contribution >= 4 is 16.7 Å². The maximum atomic E-state index is 12.7. The molecule has 6 nitrogen and oxygen atoms in total. The minimum atomic E-state index is -0.0772. The number of hydrogen-bond donors (Lipinski definition) is 2. The molecule has 2 N–H and O–H groups in total. The van der Waals surface area contributed by atoms with Gasteiger partial charge in [-0.1, -0.05) is 30.3 Å². The van der Waals surface area contributed by atoms with Crippen molar-refractivity contribution in [1.82, 2.24) is 9.97 Å². The summed E-state index contributed by atoms with van der Waals surface area (Å²) >= 11 is 0. The zero-order chi connectivity index (χ0) is 19.5. The standard InChI is InChI=1S/C22H21N3O3/c1-14(8-15-6-4-3-5-7-15)24-22-11-19(26)16-9-17(21-12-23-13-28-21)20(27-2)10-18(16)25-22/h3-7,9-14H,8H2,1-2H3,(H2,24,25,26). The van der Waals surface area contributed by atoms with Gasteiger partial charge in [0.1, 0.15) is 11.6 Å². The molecule has 0 radical (unpaired) electrons. The van der Waals surface area contributed by atoms with Crippen molar-refractivity contribution < 1.29 is 9.15 Å². The van der Waals surface area contributed by atoms with Gasteiger partial charge in [-0.15, -0.1) is 0 Å². The zero-order valence-corrected chi connectivity index (χ0v) is 15.7. The number of aromatic amines is 1. The summed E-state index contributed by atoms with van der Waals surface area (Å²) in [5.41, 5.74) is 2.55. The topological polar surface area (TPSA) is 80.1 Å². The first-order valence-corrected chi connectivity index (χ1v) is 9.08. The molecule has 4 rings (SSSR count). The number of nitrogens with one attached hydrogen (secondary N) is 2. The molecule has 142 valence electrons. The van der Waals surface area contributed by atoms with Crippen molar-refractivity contribution in [1.29, 1.82) is 0 Å². The third-order valence-corrected chi connectivity index (χ3v) is 4.63. The SMILES string of the molecule is COc1cc2[nH]c(NC(C)Cc3ccccc3)cc(=O)c2cc1-c1cnco1. The van der Waals surface area contributed by atoms with E-state index in [9.17, 15) is 4.79 Å². The van der Waals surface area contributed by atoms with Crippen molar-refractivity contribution in [2.75, 3.05) is 12.4 Å². The second kappa shape index (κ2) is 7.60. The molecule has 2 aromatic carbocycles. The maximum absolute atomic E-state index is 12.7. The number of H-pyrrole nitrogens is 1. The highest BCUT2D eigenvalue weighted by Crippen LogP contribution is 2.32. The largest absolute Gasteiger partial charge is 0.496 e. The van der Waals surface area contributed by atoms with Crippen LogP contribution in [0.1, 0.15) is 12.5 Å². The maximum Gasteiger partial charge on any atom is 0.191 e. The van der Waals surface area contributed by atoms with E-state index in [1.54, 1.807) is 25.4 Å². The van der Waals surface area contributed by atoms with E-state index in [-0.39, 0.29) is 11.5 Å². The molecule has 0 aliphatic heterocycles. The molecule has 0 aliphatic rings. The summed E-state index contributed by atoms with van der Waals surface area (Å²) in [6.07, 6.45) is 3.80. The Bertz CT molecular complexity index is 1140. The second-order valence-electron chi connectivity index (χ2n) is 6.75. The molecule has 6 heteroatoms. The van der Waals surface area contributed by atoms with Crippen molar-refractivity contribution in [3.05, 3.63) is 76.9 Å². The Morgan fingerprint density at radius 3 is 2.75 bits per heavy atom. The van der Waals surface area contributed by atoms with Crippen molar-refractivity contribution in [3.63, 3.8) is 0 Å². The Hall–Kier alpha value is -3.54. The van der Waals surface area contributed by atoms with Crippen LogP contribution in [0.4, 0.5) is 5.82 Å². The molecule has 0 amide bonds. The van der Waals surface area contributed by atoms with Crippen LogP contribution < -0.4 is 15.5 Å². The van der Waals surface area contributed by atoms with E-state index in [0.29, 0.717) is 33.8 Å². The summed E-state index contributed by atoms with van der Waals surface area (Å²) in [5, 5.41) is 3.94. The van der Waals surface area contributed by atoms with Crippen LogP contribution in [0.5, 0.6) is 5.75 Å². The van der Waals surface area contributed by atoms with E-state index < -0.39 is 0 Å². The van der Waals surface area contributed by atoms with Crippen molar-refractivity contribution in [2.45, 2.75) is 19.4 Å². The van der Waals surface area contributed by atoms with Gasteiger partial charge in [0.2, 0.25) is 0 Å². The molecule has 4 aromatic rings. The lowest BCUT2D eigenvalue weighted by Gasteiger charge is -2.16. The van der Waals surface area contributed by atoms with Crippen LogP contribution >= 0.6 is 0 Å². The highest BCUT2D eigenvalue weighted by molar-refractivity contribution is 5.88. The minimum Gasteiger partial charge on any atom is -0.496 e. The van der Waals surface area contributed by atoms with Gasteiger partial charge in [0.05, 0.1) is 24.4 Å². The summed E-state index contributed by atoms with van der Waals surface area (Å²) in [6, 6.07) is 15.6. The molecule has 0 saturated carbocycles. The predicted octanol–water partition coefficient (Wildman–Crippen LogP) is 4.23. The van der Waals surface area contributed by atoms with Crippen molar-refractivity contribution in [3.8, 4) is 17.1 Å². The van der Waals surface area contributed by atoms with Crippen LogP contribution in [0.25, 0.3) is 22.2 Å². The van der Waals surface area contributed by atoms with Crippen LogP contribution in [0, 0.1) is 0 Å². The molecular weight excluding hydrogens is 354 g/mol. The summed E-state index contributed by atoms with van der Waals surface area (Å²) in [5.74, 6) is 1.83. The molecule has 28 heavy (non-hydrogen) atoms. The lowest BCUT2D eigenvalue weighted by molar-refractivity contribution is 0.415. The molecule has 2 heterocycles. The van der Waals surface area contributed by atoms with Crippen LogP contribution in [0.3, 0.4) is 0 Å². The van der Waals surface area contributed by atoms with Gasteiger partial charge in [-0.2, -0.15) is 0 Å². The quantitative estimate of drug-likeness (QED) is 0.527. The predicted molar refractivity (Wildman–Crippen MR) is 110 cm³/mol. The van der Waals surface area contributed by atoms with Gasteiger partial charge in [-0.25, -0.2) is 4.98 Å². The second-order valence-corrected chi connectivity index (χ2v) is 6.75. The fourth-order valence-electron chi connectivity index (χ4n) is 3.35. The van der Waals surface area contributed by atoms with Gasteiger partial charge in [0.25, 0.3) is 0 Å². The molecule has 1 unspecified atom stereocenters. The molecule has 0 bridgehead atoms. The van der Waals surface area contributed by atoms with Crippen LogP contribution in [-0.4, -0.2) is 23.1 Å². The van der Waals surface area contributed by atoms with Gasteiger partial charge >= 0.3 is 0 Å². The summed E-state index contributed by atoms with van der Waals surface area (Å²) < 4.78 is 10.9. The summed E-state index contributed by atoms with van der Waals surface area (Å²) in [6.45, 7) is 2.09. The van der Waals surface area contributed by atoms with E-state index in [4.69, 9.17) is 9.15 Å². The monoisotopic (exact) mass is 375 g/mol. The number of hydrogen-bond acceptors (Lipinski definition) is 5. The third kappa shape index (κ3) is 3.62. The number of rotatable bonds is 6. The van der Waals surface area contributed by atoms with Crippen LogP contribution in [0.2, 0.25) is 0 Å². The number of benzene rings is 2. The minimum absolute atomic E-state index is 0.0772. The average Bonchev–Trinajstić information content (AvgIpc) is 3.22. The van der Waals surface area contributed by atoms with Crippen LogP contribution in [0.15, 0.2) is 70.3 Å². The highest BCUT2D eigenvalue weighted by Gasteiger charge is 2.14. The van der Waals surface area contributed by atoms with Gasteiger partial charge < -0.3 is 19.5 Å². The number of aromatic nitrogens is 2. The molecule has 1 atom stereocenters. The molecule has 0 fully saturated rings. The molecule has 0 aliphatic carbocycles. The number of anilines is 1. The van der Waals surface area contributed by atoms with Gasteiger partial charge in [0.15, 0.2) is 17.6 Å². The first-order valence-electron chi connectivity index (χ1n) is 9.08. The normalized spacial score (nSPS) is 12.1. The number of methoxy groups -OCH3 is 1. The lowest BCUT2D eigenvalue weighted by atomic mass is 10.1. The van der Waals surface area contributed by atoms with E-state index in [1.807, 2.05) is 24.3 Å². The Morgan fingerprint density at radius 1 is 1.21 bits per heavy atom. The first kappa shape index (κ1) is 17.9. The van der Waals surface area contributed by atoms with Crippen molar-refractivity contribution in [2.24, 2.45) is 0 Å². The summed E-state index contributed by atoms with van der Waals surface area (Å²) in [4.78, 5) is 19.9. The first-order chi connectivity index (χ1) is 13.6. The fraction of sp³-hybridized carbons (Fsp3) is 0.182. The Kier molecular flexibility index (Phi) is 4.85. The summed E-state index contributed by atoms with van der Waals surface area (Å²) in [7, 11) is 1.59. The molecular formula is C22H21N3O3.